The van der Waals surface area contributed by atoms with E-state index in [1.165, 1.54) is 32.1 Å². The van der Waals surface area contributed by atoms with Crippen molar-refractivity contribution in [2.45, 2.75) is 57.9 Å². The molecule has 158 valence electrons. The van der Waals surface area contributed by atoms with E-state index in [2.05, 4.69) is 10.6 Å². The number of hydrogen-bond donors (Lipinski definition) is 2. The number of anilines is 2. The maximum atomic E-state index is 13.1. The van der Waals surface area contributed by atoms with Gasteiger partial charge >= 0.3 is 6.03 Å². The molecule has 1 saturated carbocycles. The molecule has 1 atom stereocenters. The SMILES string of the molecule is Cc1ccc(C(=O)Nc2ccccc2)cc1NC(=O)N1CCCC1C1CCCCC1. The predicted octanol–water partition coefficient (Wildman–Crippen LogP) is 5.82. The first-order valence-corrected chi connectivity index (χ1v) is 11.2. The lowest BCUT2D eigenvalue weighted by atomic mass is 9.83. The topological polar surface area (TPSA) is 61.4 Å². The summed E-state index contributed by atoms with van der Waals surface area (Å²) >= 11 is 0. The normalized spacial score (nSPS) is 19.5. The first-order valence-electron chi connectivity index (χ1n) is 11.2. The summed E-state index contributed by atoms with van der Waals surface area (Å²) in [6, 6.07) is 15.2. The van der Waals surface area contributed by atoms with Gasteiger partial charge in [-0.25, -0.2) is 4.79 Å². The van der Waals surface area contributed by atoms with Gasteiger partial charge in [0.25, 0.3) is 5.91 Å². The van der Waals surface area contributed by atoms with Crippen molar-refractivity contribution < 1.29 is 9.59 Å². The molecule has 2 aromatic rings. The number of amides is 3. The number of nitrogens with one attached hydrogen (secondary N) is 2. The van der Waals surface area contributed by atoms with Crippen molar-refractivity contribution in [2.24, 2.45) is 5.92 Å². The van der Waals surface area contributed by atoms with E-state index in [9.17, 15) is 9.59 Å². The molecule has 2 N–H and O–H groups in total. The van der Waals surface area contributed by atoms with Gasteiger partial charge in [0, 0.05) is 29.5 Å². The van der Waals surface area contributed by atoms with Crippen LogP contribution in [0.4, 0.5) is 16.2 Å². The molecule has 0 spiro atoms. The monoisotopic (exact) mass is 405 g/mol. The Morgan fingerprint density at radius 1 is 0.900 bits per heavy atom. The third-order valence-corrected chi connectivity index (χ3v) is 6.53. The Morgan fingerprint density at radius 2 is 1.67 bits per heavy atom. The highest BCUT2D eigenvalue weighted by Gasteiger charge is 2.35. The zero-order valence-corrected chi connectivity index (χ0v) is 17.7. The second kappa shape index (κ2) is 9.33. The average Bonchev–Trinajstić information content (AvgIpc) is 3.27. The molecule has 2 aliphatic rings. The van der Waals surface area contributed by atoms with Crippen LogP contribution < -0.4 is 10.6 Å². The second-order valence-corrected chi connectivity index (χ2v) is 8.58. The van der Waals surface area contributed by atoms with Gasteiger partial charge in [-0.2, -0.15) is 0 Å². The standard InChI is InChI=1S/C25H31N3O2/c1-18-14-15-20(24(29)26-21-11-6-3-7-12-21)17-22(18)27-25(30)28-16-8-13-23(28)19-9-4-2-5-10-19/h3,6-7,11-12,14-15,17,19,23H,2,4-5,8-10,13,16H2,1H3,(H,26,29)(H,27,30). The largest absolute Gasteiger partial charge is 0.322 e. The number of carbonyl (C=O) groups is 2. The molecule has 1 unspecified atom stereocenters. The number of rotatable bonds is 4. The Morgan fingerprint density at radius 3 is 2.43 bits per heavy atom. The Balaban J connectivity index is 1.45. The summed E-state index contributed by atoms with van der Waals surface area (Å²) in [5.41, 5.74) is 2.94. The number of aryl methyl sites for hydroxylation is 1. The molecule has 0 radical (unpaired) electrons. The van der Waals surface area contributed by atoms with E-state index < -0.39 is 0 Å². The molecule has 1 saturated heterocycles. The summed E-state index contributed by atoms with van der Waals surface area (Å²) in [6.07, 6.45) is 8.56. The number of benzene rings is 2. The first-order chi connectivity index (χ1) is 14.6. The molecule has 30 heavy (non-hydrogen) atoms. The number of urea groups is 1. The van der Waals surface area contributed by atoms with E-state index in [4.69, 9.17) is 0 Å². The Bertz CT molecular complexity index is 891. The molecule has 3 amide bonds. The van der Waals surface area contributed by atoms with E-state index in [-0.39, 0.29) is 11.9 Å². The molecule has 0 aromatic heterocycles. The van der Waals surface area contributed by atoms with Gasteiger partial charge in [-0.3, -0.25) is 4.79 Å². The Labute approximate surface area is 178 Å². The molecule has 4 rings (SSSR count). The van der Waals surface area contributed by atoms with Crippen LogP contribution in [0.15, 0.2) is 48.5 Å². The molecule has 1 aliphatic heterocycles. The molecule has 2 fully saturated rings. The Hall–Kier alpha value is -2.82. The van der Waals surface area contributed by atoms with E-state index >= 15 is 0 Å². The van der Waals surface area contributed by atoms with Crippen LogP contribution in [0.25, 0.3) is 0 Å². The van der Waals surface area contributed by atoms with Crippen molar-refractivity contribution in [3.63, 3.8) is 0 Å². The van der Waals surface area contributed by atoms with E-state index in [0.29, 0.717) is 23.2 Å². The lowest BCUT2D eigenvalue weighted by Gasteiger charge is -2.34. The minimum absolute atomic E-state index is 0.0354. The number of hydrogen-bond acceptors (Lipinski definition) is 2. The molecule has 5 heteroatoms. The van der Waals surface area contributed by atoms with Crippen LogP contribution >= 0.6 is 0 Å². The maximum Gasteiger partial charge on any atom is 0.322 e. The highest BCUT2D eigenvalue weighted by molar-refractivity contribution is 6.05. The summed E-state index contributed by atoms with van der Waals surface area (Å²) in [5, 5.41) is 5.99. The van der Waals surface area contributed by atoms with Crippen molar-refractivity contribution in [2.75, 3.05) is 17.2 Å². The second-order valence-electron chi connectivity index (χ2n) is 8.58. The fourth-order valence-electron chi connectivity index (χ4n) is 4.86. The lowest BCUT2D eigenvalue weighted by Crippen LogP contribution is -2.43. The maximum absolute atomic E-state index is 13.1. The molecule has 2 aromatic carbocycles. The van der Waals surface area contributed by atoms with Crippen LogP contribution in [0.3, 0.4) is 0 Å². The van der Waals surface area contributed by atoms with Gasteiger partial charge in [0.15, 0.2) is 0 Å². The summed E-state index contributed by atoms with van der Waals surface area (Å²) in [6.45, 7) is 2.78. The molecule has 5 nitrogen and oxygen atoms in total. The summed E-state index contributed by atoms with van der Waals surface area (Å²) in [4.78, 5) is 27.8. The minimum atomic E-state index is -0.182. The fraction of sp³-hybridized carbons (Fsp3) is 0.440. The van der Waals surface area contributed by atoms with Crippen LogP contribution in [-0.4, -0.2) is 29.4 Å². The highest BCUT2D eigenvalue weighted by atomic mass is 16.2. The van der Waals surface area contributed by atoms with Gasteiger partial charge in [0.05, 0.1) is 0 Å². The number of likely N-dealkylation sites (tertiary alicyclic amines) is 1. The summed E-state index contributed by atoms with van der Waals surface area (Å²) in [7, 11) is 0. The third-order valence-electron chi connectivity index (χ3n) is 6.53. The van der Waals surface area contributed by atoms with Crippen molar-refractivity contribution in [3.05, 3.63) is 59.7 Å². The third kappa shape index (κ3) is 4.66. The van der Waals surface area contributed by atoms with E-state index in [1.807, 2.05) is 48.2 Å². The van der Waals surface area contributed by atoms with Gasteiger partial charge in [-0.15, -0.1) is 0 Å². The average molecular weight is 406 g/mol. The van der Waals surface area contributed by atoms with Gasteiger partial charge in [-0.05, 0) is 68.4 Å². The smallest absolute Gasteiger partial charge is 0.322 e. The zero-order valence-electron chi connectivity index (χ0n) is 17.7. The number of carbonyl (C=O) groups excluding carboxylic acids is 2. The van der Waals surface area contributed by atoms with Gasteiger partial charge < -0.3 is 15.5 Å². The van der Waals surface area contributed by atoms with Gasteiger partial charge in [0.1, 0.15) is 0 Å². The predicted molar refractivity (Wildman–Crippen MR) is 121 cm³/mol. The highest BCUT2D eigenvalue weighted by Crippen LogP contribution is 2.34. The van der Waals surface area contributed by atoms with Gasteiger partial charge in [0.2, 0.25) is 0 Å². The molecular formula is C25H31N3O2. The molecular weight excluding hydrogens is 374 g/mol. The minimum Gasteiger partial charge on any atom is -0.322 e. The number of para-hydroxylation sites is 1. The van der Waals surface area contributed by atoms with Crippen LogP contribution in [0, 0.1) is 12.8 Å². The molecule has 1 heterocycles. The summed E-state index contributed by atoms with van der Waals surface area (Å²) in [5.74, 6) is 0.453. The van der Waals surface area contributed by atoms with Crippen LogP contribution in [0.2, 0.25) is 0 Å². The fourth-order valence-corrected chi connectivity index (χ4v) is 4.86. The van der Waals surface area contributed by atoms with E-state index in [1.54, 1.807) is 12.1 Å². The summed E-state index contributed by atoms with van der Waals surface area (Å²) < 4.78 is 0. The number of nitrogens with zero attached hydrogens (tertiary/aromatic N) is 1. The van der Waals surface area contributed by atoms with Crippen molar-refractivity contribution >= 4 is 23.3 Å². The van der Waals surface area contributed by atoms with Crippen LogP contribution in [-0.2, 0) is 0 Å². The van der Waals surface area contributed by atoms with Crippen LogP contribution in [0.5, 0.6) is 0 Å². The zero-order chi connectivity index (χ0) is 20.9. The molecule has 0 bridgehead atoms. The van der Waals surface area contributed by atoms with Crippen molar-refractivity contribution in [1.29, 1.82) is 0 Å². The van der Waals surface area contributed by atoms with E-state index in [0.717, 1.165) is 30.6 Å². The molecule has 1 aliphatic carbocycles. The van der Waals surface area contributed by atoms with Gasteiger partial charge in [-0.1, -0.05) is 43.5 Å². The quantitative estimate of drug-likeness (QED) is 0.673. The van der Waals surface area contributed by atoms with Crippen molar-refractivity contribution in [3.8, 4) is 0 Å². The lowest BCUT2D eigenvalue weighted by molar-refractivity contribution is 0.102. The first kappa shape index (κ1) is 20.5. The Kier molecular flexibility index (Phi) is 6.36. The van der Waals surface area contributed by atoms with Crippen molar-refractivity contribution in [1.82, 2.24) is 4.90 Å². The van der Waals surface area contributed by atoms with Crippen LogP contribution in [0.1, 0.15) is 60.9 Å².